The van der Waals surface area contributed by atoms with Crippen LogP contribution in [-0.2, 0) is 6.42 Å². The van der Waals surface area contributed by atoms with Gasteiger partial charge in [0, 0.05) is 6.04 Å². The summed E-state index contributed by atoms with van der Waals surface area (Å²) in [6.07, 6.45) is 9.22. The first-order chi connectivity index (χ1) is 9.70. The normalized spacial score (nSPS) is 16.9. The number of likely N-dealkylation sites (N-methyl/N-ethyl adjacent to an activating group) is 1. The predicted octanol–water partition coefficient (Wildman–Crippen LogP) is 4.89. The number of nitrogens with one attached hydrogen (secondary N) is 1. The van der Waals surface area contributed by atoms with E-state index in [0.29, 0.717) is 6.04 Å². The number of allylic oxidation sites excluding steroid dienone is 1. The second kappa shape index (κ2) is 7.80. The Labute approximate surface area is 126 Å². The van der Waals surface area contributed by atoms with E-state index in [4.69, 9.17) is 11.6 Å². The highest BCUT2D eigenvalue weighted by atomic mass is 35.5. The second-order valence-electron chi connectivity index (χ2n) is 5.48. The molecule has 0 saturated carbocycles. The summed E-state index contributed by atoms with van der Waals surface area (Å²) in [6, 6.07) is 5.41. The molecule has 1 aliphatic carbocycles. The fraction of sp³-hybridized carbons (Fsp3) is 0.529. The minimum Gasteiger partial charge on any atom is -0.314 e. The second-order valence-corrected chi connectivity index (χ2v) is 5.86. The molecular formula is C17H23ClFN. The summed E-state index contributed by atoms with van der Waals surface area (Å²) in [7, 11) is 0. The lowest BCUT2D eigenvalue weighted by Crippen LogP contribution is -2.31. The largest absolute Gasteiger partial charge is 0.314 e. The molecule has 2 rings (SSSR count). The summed E-state index contributed by atoms with van der Waals surface area (Å²) in [5.74, 6) is -0.323. The van der Waals surface area contributed by atoms with Crippen LogP contribution in [-0.4, -0.2) is 12.6 Å². The average molecular weight is 296 g/mol. The zero-order chi connectivity index (χ0) is 14.4. The van der Waals surface area contributed by atoms with Crippen molar-refractivity contribution in [1.82, 2.24) is 5.32 Å². The van der Waals surface area contributed by atoms with Gasteiger partial charge in [0.25, 0.3) is 0 Å². The van der Waals surface area contributed by atoms with E-state index in [1.807, 2.05) is 6.07 Å². The Morgan fingerprint density at radius 3 is 2.85 bits per heavy atom. The van der Waals surface area contributed by atoms with Crippen LogP contribution in [0.4, 0.5) is 4.39 Å². The topological polar surface area (TPSA) is 12.0 Å². The first-order valence-corrected chi connectivity index (χ1v) is 7.92. The highest BCUT2D eigenvalue weighted by Crippen LogP contribution is 2.25. The predicted molar refractivity (Wildman–Crippen MR) is 83.7 cm³/mol. The molecule has 1 aromatic rings. The van der Waals surface area contributed by atoms with Gasteiger partial charge in [-0.3, -0.25) is 0 Å². The monoisotopic (exact) mass is 295 g/mol. The third-order valence-corrected chi connectivity index (χ3v) is 4.31. The van der Waals surface area contributed by atoms with Crippen LogP contribution in [0.3, 0.4) is 0 Å². The van der Waals surface area contributed by atoms with Crippen molar-refractivity contribution in [2.75, 3.05) is 6.54 Å². The zero-order valence-corrected chi connectivity index (χ0v) is 12.8. The molecule has 0 aromatic heterocycles. The van der Waals surface area contributed by atoms with Crippen molar-refractivity contribution in [2.24, 2.45) is 0 Å². The molecule has 0 bridgehead atoms. The fourth-order valence-corrected chi connectivity index (χ4v) is 3.09. The van der Waals surface area contributed by atoms with E-state index in [9.17, 15) is 4.39 Å². The highest BCUT2D eigenvalue weighted by molar-refractivity contribution is 6.31. The van der Waals surface area contributed by atoms with E-state index in [0.717, 1.165) is 24.9 Å². The molecule has 1 nitrogen and oxygen atoms in total. The average Bonchev–Trinajstić information content (AvgIpc) is 2.45. The van der Waals surface area contributed by atoms with E-state index in [1.54, 1.807) is 6.07 Å². The molecule has 1 N–H and O–H groups in total. The van der Waals surface area contributed by atoms with Crippen LogP contribution in [0.15, 0.2) is 29.8 Å². The van der Waals surface area contributed by atoms with E-state index in [2.05, 4.69) is 18.3 Å². The van der Waals surface area contributed by atoms with Crippen LogP contribution in [0.25, 0.3) is 0 Å². The molecule has 20 heavy (non-hydrogen) atoms. The van der Waals surface area contributed by atoms with Crippen molar-refractivity contribution in [3.63, 3.8) is 0 Å². The zero-order valence-electron chi connectivity index (χ0n) is 12.1. The minimum absolute atomic E-state index is 0.271. The summed E-state index contributed by atoms with van der Waals surface area (Å²) in [4.78, 5) is 0. The first-order valence-electron chi connectivity index (χ1n) is 7.55. The molecular weight excluding hydrogens is 273 g/mol. The fourth-order valence-electron chi connectivity index (χ4n) is 2.88. The number of halogens is 2. The van der Waals surface area contributed by atoms with Gasteiger partial charge < -0.3 is 5.32 Å². The number of rotatable bonds is 6. The van der Waals surface area contributed by atoms with Gasteiger partial charge >= 0.3 is 0 Å². The van der Waals surface area contributed by atoms with Gasteiger partial charge in [-0.05, 0) is 56.7 Å². The van der Waals surface area contributed by atoms with Gasteiger partial charge in [-0.15, -0.1) is 0 Å². The third kappa shape index (κ3) is 4.32. The maximum absolute atomic E-state index is 13.5. The van der Waals surface area contributed by atoms with Crippen LogP contribution in [0, 0.1) is 5.82 Å². The van der Waals surface area contributed by atoms with Crippen molar-refractivity contribution in [2.45, 2.75) is 51.5 Å². The first kappa shape index (κ1) is 15.5. The van der Waals surface area contributed by atoms with E-state index >= 15 is 0 Å². The standard InChI is InChI=1S/C17H23ClFN/c1-2-20-15(11-13-7-4-3-5-8-13)12-14-9-6-10-16(19)17(14)18/h6-7,9-10,15,20H,2-5,8,11-12H2,1H3. The van der Waals surface area contributed by atoms with Gasteiger partial charge in [-0.2, -0.15) is 0 Å². The molecule has 1 aromatic carbocycles. The van der Waals surface area contributed by atoms with Gasteiger partial charge in [0.05, 0.1) is 5.02 Å². The SMILES string of the molecule is CCNC(CC1=CCCCC1)Cc1cccc(F)c1Cl. The highest BCUT2D eigenvalue weighted by Gasteiger charge is 2.15. The smallest absolute Gasteiger partial charge is 0.142 e. The summed E-state index contributed by atoms with van der Waals surface area (Å²) in [6.45, 7) is 3.03. The Morgan fingerprint density at radius 2 is 2.15 bits per heavy atom. The number of hydrogen-bond acceptors (Lipinski definition) is 1. The Balaban J connectivity index is 2.04. The molecule has 0 heterocycles. The summed E-state index contributed by atoms with van der Waals surface area (Å²) >= 11 is 6.06. The van der Waals surface area contributed by atoms with Crippen molar-refractivity contribution in [3.8, 4) is 0 Å². The van der Waals surface area contributed by atoms with Gasteiger partial charge in [-0.1, -0.05) is 42.3 Å². The molecule has 0 fully saturated rings. The Hall–Kier alpha value is -0.860. The van der Waals surface area contributed by atoms with Crippen molar-refractivity contribution in [1.29, 1.82) is 0 Å². The van der Waals surface area contributed by atoms with E-state index in [1.165, 1.54) is 37.3 Å². The summed E-state index contributed by atoms with van der Waals surface area (Å²) < 4.78 is 13.5. The molecule has 1 aliphatic rings. The maximum Gasteiger partial charge on any atom is 0.142 e. The molecule has 110 valence electrons. The van der Waals surface area contributed by atoms with Crippen LogP contribution in [0.1, 0.15) is 44.6 Å². The lowest BCUT2D eigenvalue weighted by Gasteiger charge is -2.22. The van der Waals surface area contributed by atoms with Crippen molar-refractivity contribution in [3.05, 3.63) is 46.3 Å². The minimum atomic E-state index is -0.323. The van der Waals surface area contributed by atoms with Gasteiger partial charge in [-0.25, -0.2) is 4.39 Å². The Morgan fingerprint density at radius 1 is 1.30 bits per heavy atom. The molecule has 0 radical (unpaired) electrons. The van der Waals surface area contributed by atoms with Crippen molar-refractivity contribution < 1.29 is 4.39 Å². The molecule has 3 heteroatoms. The third-order valence-electron chi connectivity index (χ3n) is 3.88. The summed E-state index contributed by atoms with van der Waals surface area (Å²) in [5, 5.41) is 3.77. The number of benzene rings is 1. The van der Waals surface area contributed by atoms with Gasteiger partial charge in [0.15, 0.2) is 0 Å². The van der Waals surface area contributed by atoms with Gasteiger partial charge in [0.2, 0.25) is 0 Å². The van der Waals surface area contributed by atoms with Crippen LogP contribution >= 0.6 is 11.6 Å². The molecule has 0 saturated heterocycles. The van der Waals surface area contributed by atoms with E-state index < -0.39 is 0 Å². The quantitative estimate of drug-likeness (QED) is 0.737. The molecule has 1 unspecified atom stereocenters. The van der Waals surface area contributed by atoms with Gasteiger partial charge in [0.1, 0.15) is 5.82 Å². The number of hydrogen-bond donors (Lipinski definition) is 1. The van der Waals surface area contributed by atoms with Crippen LogP contribution in [0.5, 0.6) is 0 Å². The van der Waals surface area contributed by atoms with Crippen LogP contribution in [0.2, 0.25) is 5.02 Å². The molecule has 0 spiro atoms. The lowest BCUT2D eigenvalue weighted by atomic mass is 9.92. The van der Waals surface area contributed by atoms with Crippen LogP contribution < -0.4 is 5.32 Å². The Kier molecular flexibility index (Phi) is 6.06. The lowest BCUT2D eigenvalue weighted by molar-refractivity contribution is 0.503. The Bertz CT molecular complexity index is 470. The molecule has 0 amide bonds. The summed E-state index contributed by atoms with van der Waals surface area (Å²) in [5.41, 5.74) is 2.43. The van der Waals surface area contributed by atoms with E-state index in [-0.39, 0.29) is 10.8 Å². The van der Waals surface area contributed by atoms with Crippen molar-refractivity contribution >= 4 is 11.6 Å². The molecule has 1 atom stereocenters. The molecule has 0 aliphatic heterocycles. The maximum atomic E-state index is 13.5.